The van der Waals surface area contributed by atoms with Gasteiger partial charge in [-0.15, -0.1) is 6.58 Å². The van der Waals surface area contributed by atoms with Gasteiger partial charge in [0.25, 0.3) is 0 Å². The number of aryl methyl sites for hydroxylation is 1. The van der Waals surface area contributed by atoms with E-state index in [1.807, 2.05) is 49.4 Å². The fourth-order valence-electron chi connectivity index (χ4n) is 3.36. The summed E-state index contributed by atoms with van der Waals surface area (Å²) in [6, 6.07) is 21.7. The van der Waals surface area contributed by atoms with Gasteiger partial charge in [-0.3, -0.25) is 0 Å². The number of nitriles is 1. The molecule has 0 aliphatic rings. The van der Waals surface area contributed by atoms with Crippen molar-refractivity contribution in [3.63, 3.8) is 0 Å². The maximum absolute atomic E-state index is 9.75. The molecule has 3 aromatic rings. The molecule has 0 N–H and O–H groups in total. The number of allylic oxidation sites excluding steroid dienone is 2. The second-order valence-corrected chi connectivity index (χ2v) is 7.76. The summed E-state index contributed by atoms with van der Waals surface area (Å²) in [5, 5.41) is 10.3. The summed E-state index contributed by atoms with van der Waals surface area (Å²) in [4.78, 5) is 0. The SMILES string of the molecule is C=CCc1cc(C=C(C#N)c2ccccc2Cl)cc(OCC)c1OCc1ccc(C)cc1. The molecule has 4 heteroatoms. The van der Waals surface area contributed by atoms with Crippen molar-refractivity contribution < 1.29 is 9.47 Å². The van der Waals surface area contributed by atoms with Gasteiger partial charge in [0.05, 0.1) is 18.2 Å². The lowest BCUT2D eigenvalue weighted by molar-refractivity contribution is 0.267. The second kappa shape index (κ2) is 11.2. The predicted octanol–water partition coefficient (Wildman–Crippen LogP) is 7.42. The van der Waals surface area contributed by atoms with Gasteiger partial charge >= 0.3 is 0 Å². The molecule has 0 fully saturated rings. The quantitative estimate of drug-likeness (QED) is 0.196. The summed E-state index contributed by atoms with van der Waals surface area (Å²) in [5.74, 6) is 1.34. The molecule has 0 radical (unpaired) electrons. The van der Waals surface area contributed by atoms with Crippen molar-refractivity contribution in [2.75, 3.05) is 6.61 Å². The first-order valence-corrected chi connectivity index (χ1v) is 10.9. The zero-order valence-electron chi connectivity index (χ0n) is 18.4. The molecule has 0 aliphatic heterocycles. The maximum Gasteiger partial charge on any atom is 0.165 e. The third-order valence-corrected chi connectivity index (χ3v) is 5.25. The molecular formula is C28H26ClNO2. The van der Waals surface area contributed by atoms with Crippen LogP contribution >= 0.6 is 11.6 Å². The Bertz CT molecular complexity index is 1160. The van der Waals surface area contributed by atoms with E-state index < -0.39 is 0 Å². The normalized spacial score (nSPS) is 11.0. The second-order valence-electron chi connectivity index (χ2n) is 7.36. The smallest absolute Gasteiger partial charge is 0.165 e. The monoisotopic (exact) mass is 443 g/mol. The van der Waals surface area contributed by atoms with Crippen molar-refractivity contribution in [2.45, 2.75) is 26.9 Å². The fourth-order valence-corrected chi connectivity index (χ4v) is 3.59. The Morgan fingerprint density at radius 2 is 1.84 bits per heavy atom. The van der Waals surface area contributed by atoms with Crippen LogP contribution in [0.5, 0.6) is 11.5 Å². The van der Waals surface area contributed by atoms with Crippen molar-refractivity contribution >= 4 is 23.3 Å². The van der Waals surface area contributed by atoms with Crippen LogP contribution in [-0.4, -0.2) is 6.61 Å². The third-order valence-electron chi connectivity index (χ3n) is 4.92. The Balaban J connectivity index is 2.01. The molecule has 0 aromatic heterocycles. The Morgan fingerprint density at radius 3 is 2.50 bits per heavy atom. The summed E-state index contributed by atoms with van der Waals surface area (Å²) in [6.45, 7) is 8.81. The number of benzene rings is 3. The first kappa shape index (κ1) is 23.2. The van der Waals surface area contributed by atoms with Crippen molar-refractivity contribution in [2.24, 2.45) is 0 Å². The van der Waals surface area contributed by atoms with Crippen LogP contribution in [0, 0.1) is 18.3 Å². The number of halogens is 1. The van der Waals surface area contributed by atoms with Crippen LogP contribution in [0.1, 0.15) is 34.7 Å². The topological polar surface area (TPSA) is 42.2 Å². The molecule has 0 aliphatic carbocycles. The summed E-state index contributed by atoms with van der Waals surface area (Å²) in [6.07, 6.45) is 4.26. The van der Waals surface area contributed by atoms with Crippen LogP contribution < -0.4 is 9.47 Å². The number of hydrogen-bond acceptors (Lipinski definition) is 3. The van der Waals surface area contributed by atoms with Gasteiger partial charge in [0.2, 0.25) is 0 Å². The summed E-state index contributed by atoms with van der Waals surface area (Å²) < 4.78 is 12.1. The number of rotatable bonds is 9. The van der Waals surface area contributed by atoms with Gasteiger partial charge in [0, 0.05) is 16.1 Å². The molecule has 0 amide bonds. The Kier molecular flexibility index (Phi) is 8.14. The van der Waals surface area contributed by atoms with E-state index in [2.05, 4.69) is 43.8 Å². The Hall–Kier alpha value is -3.48. The lowest BCUT2D eigenvalue weighted by Gasteiger charge is -2.17. The van der Waals surface area contributed by atoms with E-state index in [0.717, 1.165) is 16.7 Å². The van der Waals surface area contributed by atoms with Gasteiger partial charge in [-0.05, 0) is 55.7 Å². The molecule has 3 aromatic carbocycles. The van der Waals surface area contributed by atoms with Gasteiger partial charge in [0.15, 0.2) is 11.5 Å². The van der Waals surface area contributed by atoms with E-state index in [4.69, 9.17) is 21.1 Å². The molecule has 0 heterocycles. The highest BCUT2D eigenvalue weighted by Gasteiger charge is 2.14. The molecule has 32 heavy (non-hydrogen) atoms. The zero-order chi connectivity index (χ0) is 22.9. The van der Waals surface area contributed by atoms with Gasteiger partial charge < -0.3 is 9.47 Å². The summed E-state index contributed by atoms with van der Waals surface area (Å²) in [7, 11) is 0. The maximum atomic E-state index is 9.75. The molecule has 3 nitrogen and oxygen atoms in total. The first-order chi connectivity index (χ1) is 15.5. The molecule has 162 valence electrons. The number of hydrogen-bond donors (Lipinski definition) is 0. The summed E-state index contributed by atoms with van der Waals surface area (Å²) >= 11 is 6.31. The first-order valence-electron chi connectivity index (χ1n) is 10.5. The molecule has 0 atom stereocenters. The molecule has 0 saturated heterocycles. The Labute approximate surface area is 195 Å². The van der Waals surface area contributed by atoms with Crippen LogP contribution in [0.25, 0.3) is 11.6 Å². The van der Waals surface area contributed by atoms with Crippen LogP contribution in [0.2, 0.25) is 5.02 Å². The Morgan fingerprint density at radius 1 is 1.09 bits per heavy atom. The number of nitrogens with zero attached hydrogens (tertiary/aromatic N) is 1. The highest BCUT2D eigenvalue weighted by molar-refractivity contribution is 6.32. The van der Waals surface area contributed by atoms with E-state index in [-0.39, 0.29) is 0 Å². The lowest BCUT2D eigenvalue weighted by atomic mass is 10.0. The van der Waals surface area contributed by atoms with E-state index in [1.54, 1.807) is 6.07 Å². The van der Waals surface area contributed by atoms with Crippen LogP contribution in [0.4, 0.5) is 0 Å². The predicted molar refractivity (Wildman–Crippen MR) is 132 cm³/mol. The minimum atomic E-state index is 0.433. The third kappa shape index (κ3) is 5.81. The van der Waals surface area contributed by atoms with E-state index in [0.29, 0.717) is 47.3 Å². The lowest BCUT2D eigenvalue weighted by Crippen LogP contribution is -2.03. The van der Waals surface area contributed by atoms with Gasteiger partial charge in [-0.25, -0.2) is 0 Å². The van der Waals surface area contributed by atoms with Crippen molar-refractivity contribution in [1.82, 2.24) is 0 Å². The summed E-state index contributed by atoms with van der Waals surface area (Å²) in [5.41, 5.74) is 5.25. The van der Waals surface area contributed by atoms with Gasteiger partial charge in [-0.2, -0.15) is 5.26 Å². The standard InChI is InChI=1S/C28H26ClNO2/c1-4-8-23-15-22(16-24(18-30)25-9-6-7-10-26(25)29)17-27(31-5-2)28(23)32-19-21-13-11-20(3)12-14-21/h4,6-7,9-17H,1,5,8,19H2,2-3H3. The minimum absolute atomic E-state index is 0.433. The average molecular weight is 444 g/mol. The molecule has 0 unspecified atom stereocenters. The number of ether oxygens (including phenoxy) is 2. The van der Waals surface area contributed by atoms with Crippen molar-refractivity contribution in [1.29, 1.82) is 5.26 Å². The fraction of sp³-hybridized carbons (Fsp3) is 0.179. The van der Waals surface area contributed by atoms with Crippen LogP contribution in [-0.2, 0) is 13.0 Å². The highest BCUT2D eigenvalue weighted by atomic mass is 35.5. The molecular weight excluding hydrogens is 418 g/mol. The van der Waals surface area contributed by atoms with Gasteiger partial charge in [0.1, 0.15) is 6.61 Å². The van der Waals surface area contributed by atoms with Gasteiger partial charge in [-0.1, -0.05) is 65.7 Å². The van der Waals surface area contributed by atoms with E-state index in [1.165, 1.54) is 5.56 Å². The molecule has 0 bridgehead atoms. The van der Waals surface area contributed by atoms with Crippen molar-refractivity contribution in [3.05, 3.63) is 106 Å². The van der Waals surface area contributed by atoms with E-state index >= 15 is 0 Å². The average Bonchev–Trinajstić information content (AvgIpc) is 2.79. The zero-order valence-corrected chi connectivity index (χ0v) is 19.2. The van der Waals surface area contributed by atoms with Crippen molar-refractivity contribution in [3.8, 4) is 17.6 Å². The molecule has 0 saturated carbocycles. The largest absolute Gasteiger partial charge is 0.490 e. The van der Waals surface area contributed by atoms with Crippen LogP contribution in [0.3, 0.4) is 0 Å². The highest BCUT2D eigenvalue weighted by Crippen LogP contribution is 2.36. The van der Waals surface area contributed by atoms with Crippen LogP contribution in [0.15, 0.2) is 73.3 Å². The minimum Gasteiger partial charge on any atom is -0.490 e. The molecule has 3 rings (SSSR count). The van der Waals surface area contributed by atoms with E-state index in [9.17, 15) is 5.26 Å². The molecule has 0 spiro atoms.